The average Bonchev–Trinajstić information content (AvgIpc) is 3.55. The first kappa shape index (κ1) is 18.3. The molecule has 5 rings (SSSR count). The summed E-state index contributed by atoms with van der Waals surface area (Å²) in [5.41, 5.74) is 4.98. The van der Waals surface area contributed by atoms with Crippen molar-refractivity contribution >= 4 is 16.9 Å². The molecule has 0 radical (unpaired) electrons. The minimum Gasteiger partial charge on any atom is -0.339 e. The molecule has 3 heterocycles. The van der Waals surface area contributed by atoms with Crippen LogP contribution in [0.4, 0.5) is 0 Å². The van der Waals surface area contributed by atoms with Gasteiger partial charge in [0.15, 0.2) is 5.65 Å². The van der Waals surface area contributed by atoms with Gasteiger partial charge in [0.05, 0.1) is 16.6 Å². The predicted molar refractivity (Wildman–Crippen MR) is 114 cm³/mol. The van der Waals surface area contributed by atoms with Crippen LogP contribution in [0.1, 0.15) is 58.9 Å². The monoisotopic (exact) mass is 388 g/mol. The van der Waals surface area contributed by atoms with Gasteiger partial charge in [0, 0.05) is 31.7 Å². The molecule has 5 nitrogen and oxygen atoms in total. The molecule has 0 N–H and O–H groups in total. The second-order valence-corrected chi connectivity index (χ2v) is 8.70. The number of carbonyl (C=O) groups excluding carboxylic acids is 1. The number of hydrogen-bond donors (Lipinski definition) is 0. The fourth-order valence-electron chi connectivity index (χ4n) is 4.68. The van der Waals surface area contributed by atoms with Crippen molar-refractivity contribution in [3.8, 4) is 0 Å². The van der Waals surface area contributed by atoms with E-state index in [9.17, 15) is 4.79 Å². The van der Waals surface area contributed by atoms with Crippen LogP contribution in [0.3, 0.4) is 0 Å². The first-order chi connectivity index (χ1) is 14.1. The Bertz CT molecular complexity index is 1040. The van der Waals surface area contributed by atoms with Crippen molar-refractivity contribution in [1.29, 1.82) is 0 Å². The van der Waals surface area contributed by atoms with E-state index in [0.717, 1.165) is 60.3 Å². The van der Waals surface area contributed by atoms with Crippen LogP contribution in [0, 0.1) is 12.8 Å². The summed E-state index contributed by atoms with van der Waals surface area (Å²) in [5, 5.41) is 5.47. The zero-order valence-electron chi connectivity index (χ0n) is 17.3. The molecule has 1 saturated carbocycles. The van der Waals surface area contributed by atoms with Crippen LogP contribution in [0.2, 0.25) is 0 Å². The van der Waals surface area contributed by atoms with Crippen LogP contribution in [0.5, 0.6) is 0 Å². The number of nitrogens with zero attached hydrogens (tertiary/aromatic N) is 4. The summed E-state index contributed by atoms with van der Waals surface area (Å²) in [6, 6.07) is 12.7. The first-order valence-electron chi connectivity index (χ1n) is 10.8. The number of pyridine rings is 1. The summed E-state index contributed by atoms with van der Waals surface area (Å²) in [6.45, 7) is 3.64. The van der Waals surface area contributed by atoms with E-state index in [1.165, 1.54) is 18.4 Å². The molecule has 0 spiro atoms. The number of piperidine rings is 1. The summed E-state index contributed by atoms with van der Waals surface area (Å²) in [5.74, 6) is 1.31. The summed E-state index contributed by atoms with van der Waals surface area (Å²) < 4.78 is 1.82. The highest BCUT2D eigenvalue weighted by Gasteiger charge is 2.31. The van der Waals surface area contributed by atoms with Crippen molar-refractivity contribution in [3.63, 3.8) is 0 Å². The third kappa shape index (κ3) is 3.54. The number of fused-ring (bicyclic) bond motifs is 1. The Kier molecular flexibility index (Phi) is 4.61. The van der Waals surface area contributed by atoms with Gasteiger partial charge in [-0.1, -0.05) is 30.3 Å². The summed E-state index contributed by atoms with van der Waals surface area (Å²) >= 11 is 0. The normalized spacial score (nSPS) is 17.8. The summed E-state index contributed by atoms with van der Waals surface area (Å²) in [6.07, 6.45) is 5.59. The van der Waals surface area contributed by atoms with Crippen LogP contribution >= 0.6 is 0 Å². The fourth-order valence-corrected chi connectivity index (χ4v) is 4.68. The van der Waals surface area contributed by atoms with Gasteiger partial charge in [-0.25, -0.2) is 4.98 Å². The molecule has 1 aromatic carbocycles. The number of hydrogen-bond acceptors (Lipinski definition) is 3. The molecular formula is C24H28N4O. The van der Waals surface area contributed by atoms with Crippen molar-refractivity contribution < 1.29 is 4.79 Å². The molecule has 2 aromatic heterocycles. The zero-order valence-corrected chi connectivity index (χ0v) is 17.3. The number of amides is 1. The van der Waals surface area contributed by atoms with E-state index < -0.39 is 0 Å². The van der Waals surface area contributed by atoms with E-state index in [2.05, 4.69) is 35.4 Å². The molecule has 2 aliphatic rings. The topological polar surface area (TPSA) is 51.0 Å². The van der Waals surface area contributed by atoms with Gasteiger partial charge in [-0.05, 0) is 56.6 Å². The minimum atomic E-state index is 0.147. The van der Waals surface area contributed by atoms with Crippen molar-refractivity contribution in [1.82, 2.24) is 19.7 Å². The lowest BCUT2D eigenvalue weighted by molar-refractivity contribution is 0.0692. The zero-order chi connectivity index (χ0) is 20.0. The molecule has 1 saturated heterocycles. The molecule has 0 unspecified atom stereocenters. The lowest BCUT2D eigenvalue weighted by Gasteiger charge is -2.32. The quantitative estimate of drug-likeness (QED) is 0.671. The van der Waals surface area contributed by atoms with E-state index in [0.29, 0.717) is 11.8 Å². The molecule has 150 valence electrons. The standard InChI is InChI=1S/C24H28N4O/c1-16-22-20(15-21(19-8-9-19)25-23(22)27(2)26-16)24(29)28-12-10-18(11-13-28)14-17-6-4-3-5-7-17/h3-7,15,18-19H,8-14H2,1-2H3. The van der Waals surface area contributed by atoms with Crippen molar-refractivity contribution in [2.45, 2.75) is 44.9 Å². The Morgan fingerprint density at radius 1 is 1.10 bits per heavy atom. The van der Waals surface area contributed by atoms with Gasteiger partial charge in [-0.3, -0.25) is 9.48 Å². The Balaban J connectivity index is 1.36. The molecule has 1 aliphatic heterocycles. The SMILES string of the molecule is Cc1nn(C)c2nc(C3CC3)cc(C(=O)N3CCC(Cc4ccccc4)CC3)c12. The Hall–Kier alpha value is -2.69. The van der Waals surface area contributed by atoms with Gasteiger partial charge >= 0.3 is 0 Å². The van der Waals surface area contributed by atoms with E-state index in [4.69, 9.17) is 4.98 Å². The third-order valence-corrected chi connectivity index (χ3v) is 6.48. The number of rotatable bonds is 4. The fraction of sp³-hybridized carbons (Fsp3) is 0.458. The van der Waals surface area contributed by atoms with Gasteiger partial charge in [-0.2, -0.15) is 5.10 Å². The molecule has 0 atom stereocenters. The van der Waals surface area contributed by atoms with Gasteiger partial charge in [0.2, 0.25) is 0 Å². The summed E-state index contributed by atoms with van der Waals surface area (Å²) in [4.78, 5) is 20.4. The maximum absolute atomic E-state index is 13.5. The number of aryl methyl sites for hydroxylation is 2. The summed E-state index contributed by atoms with van der Waals surface area (Å²) in [7, 11) is 1.92. The highest BCUT2D eigenvalue weighted by Crippen LogP contribution is 2.40. The van der Waals surface area contributed by atoms with Crippen molar-refractivity contribution in [2.24, 2.45) is 13.0 Å². The van der Waals surface area contributed by atoms with Crippen LogP contribution in [0.15, 0.2) is 36.4 Å². The largest absolute Gasteiger partial charge is 0.339 e. The Morgan fingerprint density at radius 3 is 2.52 bits per heavy atom. The van der Waals surface area contributed by atoms with Gasteiger partial charge < -0.3 is 4.90 Å². The van der Waals surface area contributed by atoms with E-state index >= 15 is 0 Å². The first-order valence-corrected chi connectivity index (χ1v) is 10.8. The number of likely N-dealkylation sites (tertiary alicyclic amines) is 1. The van der Waals surface area contributed by atoms with E-state index in [1.807, 2.05) is 29.6 Å². The molecule has 2 fully saturated rings. The average molecular weight is 389 g/mol. The molecule has 5 heteroatoms. The Morgan fingerprint density at radius 2 is 1.83 bits per heavy atom. The smallest absolute Gasteiger partial charge is 0.254 e. The number of carbonyl (C=O) groups is 1. The molecule has 1 aliphatic carbocycles. The molecule has 29 heavy (non-hydrogen) atoms. The third-order valence-electron chi connectivity index (χ3n) is 6.48. The highest BCUT2D eigenvalue weighted by atomic mass is 16.2. The maximum atomic E-state index is 13.5. The number of benzene rings is 1. The van der Waals surface area contributed by atoms with Crippen LogP contribution < -0.4 is 0 Å². The minimum absolute atomic E-state index is 0.147. The van der Waals surface area contributed by atoms with Crippen LogP contribution in [-0.2, 0) is 13.5 Å². The molecule has 3 aromatic rings. The van der Waals surface area contributed by atoms with Crippen LogP contribution in [-0.4, -0.2) is 38.7 Å². The number of aromatic nitrogens is 3. The lowest BCUT2D eigenvalue weighted by Crippen LogP contribution is -2.39. The van der Waals surface area contributed by atoms with Gasteiger partial charge in [0.1, 0.15) is 0 Å². The molecular weight excluding hydrogens is 360 g/mol. The highest BCUT2D eigenvalue weighted by molar-refractivity contribution is 6.06. The van der Waals surface area contributed by atoms with E-state index in [1.54, 1.807) is 0 Å². The second-order valence-electron chi connectivity index (χ2n) is 8.70. The van der Waals surface area contributed by atoms with Gasteiger partial charge in [0.25, 0.3) is 5.91 Å². The molecule has 0 bridgehead atoms. The van der Waals surface area contributed by atoms with Crippen molar-refractivity contribution in [2.75, 3.05) is 13.1 Å². The lowest BCUT2D eigenvalue weighted by atomic mass is 9.90. The second kappa shape index (κ2) is 7.29. The maximum Gasteiger partial charge on any atom is 0.254 e. The van der Waals surface area contributed by atoms with E-state index in [-0.39, 0.29) is 5.91 Å². The van der Waals surface area contributed by atoms with Gasteiger partial charge in [-0.15, -0.1) is 0 Å². The Labute approximate surface area is 171 Å². The van der Waals surface area contributed by atoms with Crippen LogP contribution in [0.25, 0.3) is 11.0 Å². The van der Waals surface area contributed by atoms with Crippen molar-refractivity contribution in [3.05, 3.63) is 58.9 Å². The predicted octanol–water partition coefficient (Wildman–Crippen LogP) is 4.25. The molecule has 1 amide bonds.